The summed E-state index contributed by atoms with van der Waals surface area (Å²) in [5, 5.41) is 8.78. The zero-order chi connectivity index (χ0) is 17.1. The van der Waals surface area contributed by atoms with Gasteiger partial charge in [-0.15, -0.1) is 0 Å². The lowest BCUT2D eigenvalue weighted by atomic mass is 10.1. The molecule has 25 heavy (non-hydrogen) atoms. The molecule has 2 aromatic heterocycles. The van der Waals surface area contributed by atoms with Gasteiger partial charge in [-0.3, -0.25) is 9.78 Å². The minimum absolute atomic E-state index is 0.0165. The zero-order valence-corrected chi connectivity index (χ0v) is 13.5. The highest BCUT2D eigenvalue weighted by Gasteiger charge is 2.29. The van der Waals surface area contributed by atoms with E-state index in [1.165, 1.54) is 0 Å². The van der Waals surface area contributed by atoms with Crippen molar-refractivity contribution in [2.45, 2.75) is 12.8 Å². The van der Waals surface area contributed by atoms with Gasteiger partial charge < -0.3 is 0 Å². The standard InChI is InChI=1S/C19H17N5O/c25-19(15-6-7-15)22-21-12-16-13-24(17-4-2-1-3-5-17)23-18(16)14-8-10-20-11-9-14/h1-5,8-13,15H,6-7H2,(H,22,25)/b21-12-. The monoisotopic (exact) mass is 331 g/mol. The Balaban J connectivity index is 1.66. The first-order valence-corrected chi connectivity index (χ1v) is 8.19. The van der Waals surface area contributed by atoms with Gasteiger partial charge in [-0.25, -0.2) is 10.1 Å². The van der Waals surface area contributed by atoms with Gasteiger partial charge in [0.2, 0.25) is 5.91 Å². The van der Waals surface area contributed by atoms with Gasteiger partial charge >= 0.3 is 0 Å². The number of rotatable bonds is 5. The topological polar surface area (TPSA) is 72.2 Å². The number of hydrazone groups is 1. The van der Waals surface area contributed by atoms with Crippen LogP contribution in [0.4, 0.5) is 0 Å². The van der Waals surface area contributed by atoms with Crippen molar-refractivity contribution in [3.05, 3.63) is 66.6 Å². The highest BCUT2D eigenvalue weighted by Crippen LogP contribution is 2.28. The lowest BCUT2D eigenvalue weighted by Crippen LogP contribution is -2.18. The maximum Gasteiger partial charge on any atom is 0.243 e. The molecule has 3 aromatic rings. The first kappa shape index (κ1) is 15.3. The Bertz CT molecular complexity index is 898. The largest absolute Gasteiger partial charge is 0.273 e. The van der Waals surface area contributed by atoms with E-state index < -0.39 is 0 Å². The molecule has 1 fully saturated rings. The van der Waals surface area contributed by atoms with E-state index in [0.29, 0.717) is 0 Å². The fourth-order valence-corrected chi connectivity index (χ4v) is 2.53. The highest BCUT2D eigenvalue weighted by molar-refractivity contribution is 5.90. The van der Waals surface area contributed by atoms with Crippen molar-refractivity contribution < 1.29 is 4.79 Å². The fourth-order valence-electron chi connectivity index (χ4n) is 2.53. The molecule has 1 aliphatic rings. The van der Waals surface area contributed by atoms with Crippen molar-refractivity contribution in [3.8, 4) is 16.9 Å². The summed E-state index contributed by atoms with van der Waals surface area (Å²) in [5.74, 6) is 0.112. The maximum absolute atomic E-state index is 11.7. The van der Waals surface area contributed by atoms with E-state index in [0.717, 1.165) is 35.3 Å². The summed E-state index contributed by atoms with van der Waals surface area (Å²) in [5.41, 5.74) is 6.12. The van der Waals surface area contributed by atoms with Gasteiger partial charge in [-0.05, 0) is 37.1 Å². The number of nitrogens with one attached hydrogen (secondary N) is 1. The number of nitrogens with zero attached hydrogens (tertiary/aromatic N) is 4. The van der Waals surface area contributed by atoms with Gasteiger partial charge in [0, 0.05) is 35.6 Å². The van der Waals surface area contributed by atoms with E-state index in [4.69, 9.17) is 0 Å². The third-order valence-electron chi connectivity index (χ3n) is 4.04. The second-order valence-electron chi connectivity index (χ2n) is 5.96. The van der Waals surface area contributed by atoms with Crippen LogP contribution in [-0.2, 0) is 4.79 Å². The molecule has 4 rings (SSSR count). The maximum atomic E-state index is 11.7. The molecule has 1 saturated carbocycles. The van der Waals surface area contributed by atoms with Crippen molar-refractivity contribution >= 4 is 12.1 Å². The van der Waals surface area contributed by atoms with Crippen LogP contribution in [0.25, 0.3) is 16.9 Å². The van der Waals surface area contributed by atoms with E-state index in [1.54, 1.807) is 23.3 Å². The Kier molecular flexibility index (Phi) is 4.08. The molecule has 1 amide bonds. The summed E-state index contributed by atoms with van der Waals surface area (Å²) in [6, 6.07) is 13.7. The number of benzene rings is 1. The fraction of sp³-hybridized carbons (Fsp3) is 0.158. The summed E-state index contributed by atoms with van der Waals surface area (Å²) in [4.78, 5) is 15.8. The van der Waals surface area contributed by atoms with Crippen molar-refractivity contribution in [2.24, 2.45) is 11.0 Å². The van der Waals surface area contributed by atoms with Crippen LogP contribution >= 0.6 is 0 Å². The Morgan fingerprint density at radius 3 is 2.64 bits per heavy atom. The second kappa shape index (κ2) is 6.68. The molecule has 0 radical (unpaired) electrons. The first-order chi connectivity index (χ1) is 12.3. The lowest BCUT2D eigenvalue weighted by Gasteiger charge is -2.00. The normalized spacial score (nSPS) is 13.9. The zero-order valence-electron chi connectivity index (χ0n) is 13.5. The minimum atomic E-state index is -0.0165. The van der Waals surface area contributed by atoms with E-state index in [1.807, 2.05) is 48.7 Å². The highest BCUT2D eigenvalue weighted by atomic mass is 16.2. The Morgan fingerprint density at radius 2 is 1.92 bits per heavy atom. The second-order valence-corrected chi connectivity index (χ2v) is 5.96. The predicted molar refractivity (Wildman–Crippen MR) is 95.3 cm³/mol. The van der Waals surface area contributed by atoms with E-state index in [9.17, 15) is 4.79 Å². The molecule has 2 heterocycles. The average Bonchev–Trinajstić information content (AvgIpc) is 3.43. The SMILES string of the molecule is O=C(N/N=C\c1cn(-c2ccccc2)nc1-c1ccncc1)C1CC1. The molecule has 124 valence electrons. The van der Waals surface area contributed by atoms with Crippen LogP contribution < -0.4 is 5.43 Å². The molecule has 0 unspecified atom stereocenters. The minimum Gasteiger partial charge on any atom is -0.273 e. The number of hydrogen-bond donors (Lipinski definition) is 1. The summed E-state index contributed by atoms with van der Waals surface area (Å²) >= 11 is 0. The summed E-state index contributed by atoms with van der Waals surface area (Å²) < 4.78 is 1.81. The van der Waals surface area contributed by atoms with Crippen molar-refractivity contribution in [3.63, 3.8) is 0 Å². The molecule has 0 aliphatic heterocycles. The molecule has 0 bridgehead atoms. The molecule has 0 spiro atoms. The van der Waals surface area contributed by atoms with E-state index >= 15 is 0 Å². The van der Waals surface area contributed by atoms with Crippen LogP contribution in [0.1, 0.15) is 18.4 Å². The summed E-state index contributed by atoms with van der Waals surface area (Å²) in [6.45, 7) is 0. The third kappa shape index (κ3) is 3.47. The van der Waals surface area contributed by atoms with Crippen LogP contribution in [0.5, 0.6) is 0 Å². The third-order valence-corrected chi connectivity index (χ3v) is 4.04. The molecule has 1 aromatic carbocycles. The van der Waals surface area contributed by atoms with E-state index in [-0.39, 0.29) is 11.8 Å². The molecule has 1 N–H and O–H groups in total. The van der Waals surface area contributed by atoms with Crippen LogP contribution in [0, 0.1) is 5.92 Å². The molecule has 6 nitrogen and oxygen atoms in total. The Hall–Kier alpha value is -3.28. The van der Waals surface area contributed by atoms with Gasteiger partial charge in [-0.1, -0.05) is 18.2 Å². The Labute approximate surface area is 145 Å². The van der Waals surface area contributed by atoms with Gasteiger partial charge in [0.05, 0.1) is 11.9 Å². The quantitative estimate of drug-likeness (QED) is 0.577. The lowest BCUT2D eigenvalue weighted by molar-refractivity contribution is -0.122. The van der Waals surface area contributed by atoms with Crippen LogP contribution in [0.3, 0.4) is 0 Å². The van der Waals surface area contributed by atoms with Gasteiger partial charge in [-0.2, -0.15) is 10.2 Å². The smallest absolute Gasteiger partial charge is 0.243 e. The molecule has 1 aliphatic carbocycles. The number of aromatic nitrogens is 3. The van der Waals surface area contributed by atoms with Crippen LogP contribution in [0.2, 0.25) is 0 Å². The van der Waals surface area contributed by atoms with Crippen LogP contribution in [-0.4, -0.2) is 26.9 Å². The summed E-state index contributed by atoms with van der Waals surface area (Å²) in [7, 11) is 0. The van der Waals surface area contributed by atoms with E-state index in [2.05, 4.69) is 20.6 Å². The number of para-hydroxylation sites is 1. The predicted octanol–water partition coefficient (Wildman–Crippen LogP) is 2.79. The molecule has 6 heteroatoms. The number of pyridine rings is 1. The van der Waals surface area contributed by atoms with Gasteiger partial charge in [0.15, 0.2) is 0 Å². The average molecular weight is 331 g/mol. The number of hydrogen-bond acceptors (Lipinski definition) is 4. The van der Waals surface area contributed by atoms with Gasteiger partial charge in [0.25, 0.3) is 0 Å². The summed E-state index contributed by atoms with van der Waals surface area (Å²) in [6.07, 6.45) is 8.91. The van der Waals surface area contributed by atoms with Crippen molar-refractivity contribution in [1.29, 1.82) is 0 Å². The molecule has 0 saturated heterocycles. The molecular formula is C19H17N5O. The first-order valence-electron chi connectivity index (χ1n) is 8.19. The van der Waals surface area contributed by atoms with Crippen LogP contribution in [0.15, 0.2) is 66.2 Å². The number of amides is 1. The number of carbonyl (C=O) groups excluding carboxylic acids is 1. The Morgan fingerprint density at radius 1 is 1.16 bits per heavy atom. The molecule has 0 atom stereocenters. The molecular weight excluding hydrogens is 314 g/mol. The van der Waals surface area contributed by atoms with Crippen molar-refractivity contribution in [1.82, 2.24) is 20.2 Å². The van der Waals surface area contributed by atoms with Crippen molar-refractivity contribution in [2.75, 3.05) is 0 Å². The number of carbonyl (C=O) groups is 1. The van der Waals surface area contributed by atoms with Gasteiger partial charge in [0.1, 0.15) is 5.69 Å².